The SMILES string of the molecule is O=C(CCCn1nnc(-c2ccc(F)cc2)n1)NCc1cc2ccccc2[nH]1. The topological polar surface area (TPSA) is 88.5 Å². The second kappa shape index (κ2) is 7.99. The van der Waals surface area contributed by atoms with Gasteiger partial charge in [0.15, 0.2) is 0 Å². The summed E-state index contributed by atoms with van der Waals surface area (Å²) in [6.07, 6.45) is 0.964. The lowest BCUT2D eigenvalue weighted by Crippen LogP contribution is -2.23. The molecule has 28 heavy (non-hydrogen) atoms. The van der Waals surface area contributed by atoms with Crippen LogP contribution in [0.15, 0.2) is 54.6 Å². The monoisotopic (exact) mass is 378 g/mol. The molecule has 0 saturated heterocycles. The van der Waals surface area contributed by atoms with Crippen molar-refractivity contribution in [1.82, 2.24) is 30.5 Å². The average molecular weight is 378 g/mol. The van der Waals surface area contributed by atoms with Gasteiger partial charge < -0.3 is 10.3 Å². The Bertz CT molecular complexity index is 1050. The number of nitrogens with one attached hydrogen (secondary N) is 2. The van der Waals surface area contributed by atoms with Crippen LogP contribution in [0, 0.1) is 5.82 Å². The van der Waals surface area contributed by atoms with Crippen molar-refractivity contribution >= 4 is 16.8 Å². The Kier molecular flexibility index (Phi) is 5.09. The Morgan fingerprint density at radius 1 is 1.14 bits per heavy atom. The zero-order valence-electron chi connectivity index (χ0n) is 15.1. The number of aryl methyl sites for hydroxylation is 1. The molecule has 0 saturated carbocycles. The number of amides is 1. The van der Waals surface area contributed by atoms with Gasteiger partial charge in [0.1, 0.15) is 5.82 Å². The normalized spacial score (nSPS) is 11.0. The number of H-pyrrole nitrogens is 1. The van der Waals surface area contributed by atoms with E-state index in [1.54, 1.807) is 12.1 Å². The molecule has 0 aliphatic carbocycles. The van der Waals surface area contributed by atoms with E-state index in [0.29, 0.717) is 37.3 Å². The molecule has 0 spiro atoms. The fourth-order valence-electron chi connectivity index (χ4n) is 2.94. The molecule has 4 aromatic rings. The lowest BCUT2D eigenvalue weighted by molar-refractivity contribution is -0.121. The van der Waals surface area contributed by atoms with E-state index in [2.05, 4.69) is 25.7 Å². The van der Waals surface area contributed by atoms with Gasteiger partial charge in [-0.15, -0.1) is 10.2 Å². The summed E-state index contributed by atoms with van der Waals surface area (Å²) in [6.45, 7) is 0.942. The lowest BCUT2D eigenvalue weighted by atomic mass is 10.2. The number of hydrogen-bond acceptors (Lipinski definition) is 4. The molecule has 0 radical (unpaired) electrons. The minimum Gasteiger partial charge on any atom is -0.357 e. The van der Waals surface area contributed by atoms with Crippen LogP contribution in [-0.2, 0) is 17.9 Å². The Hall–Kier alpha value is -3.55. The summed E-state index contributed by atoms with van der Waals surface area (Å²) in [7, 11) is 0. The summed E-state index contributed by atoms with van der Waals surface area (Å²) in [5.74, 6) is 0.0930. The third-order valence-electron chi connectivity index (χ3n) is 4.38. The summed E-state index contributed by atoms with van der Waals surface area (Å²) in [6, 6.07) is 15.9. The van der Waals surface area contributed by atoms with E-state index in [1.807, 2.05) is 30.3 Å². The van der Waals surface area contributed by atoms with Gasteiger partial charge in [-0.2, -0.15) is 4.80 Å². The number of carbonyl (C=O) groups is 1. The van der Waals surface area contributed by atoms with Crippen LogP contribution in [0.5, 0.6) is 0 Å². The summed E-state index contributed by atoms with van der Waals surface area (Å²) in [5.41, 5.74) is 2.72. The highest BCUT2D eigenvalue weighted by atomic mass is 19.1. The molecule has 0 unspecified atom stereocenters. The summed E-state index contributed by atoms with van der Waals surface area (Å²) >= 11 is 0. The van der Waals surface area contributed by atoms with Gasteiger partial charge in [0.05, 0.1) is 13.1 Å². The molecular formula is C20H19FN6O. The Labute approximate surface area is 160 Å². The fraction of sp³-hybridized carbons (Fsp3) is 0.200. The minimum atomic E-state index is -0.311. The predicted octanol–water partition coefficient (Wildman–Crippen LogP) is 3.06. The quantitative estimate of drug-likeness (QED) is 0.517. The van der Waals surface area contributed by atoms with E-state index in [1.165, 1.54) is 16.9 Å². The average Bonchev–Trinajstić information content (AvgIpc) is 3.33. The molecule has 0 aliphatic rings. The molecule has 0 aliphatic heterocycles. The molecule has 2 heterocycles. The number of nitrogens with zero attached hydrogens (tertiary/aromatic N) is 4. The van der Waals surface area contributed by atoms with Gasteiger partial charge in [0, 0.05) is 23.2 Å². The molecule has 2 aromatic carbocycles. The highest BCUT2D eigenvalue weighted by Crippen LogP contribution is 2.15. The second-order valence-electron chi connectivity index (χ2n) is 6.48. The Balaban J connectivity index is 1.23. The van der Waals surface area contributed by atoms with Crippen molar-refractivity contribution in [3.05, 3.63) is 66.1 Å². The standard InChI is InChI=1S/C20H19FN6O/c21-16-9-7-14(8-10-16)20-24-26-27(25-20)11-3-6-19(28)22-13-17-12-15-4-1-2-5-18(15)23-17/h1-2,4-5,7-10,12,23H,3,6,11,13H2,(H,22,28). The van der Waals surface area contributed by atoms with Crippen LogP contribution >= 0.6 is 0 Å². The Morgan fingerprint density at radius 3 is 2.79 bits per heavy atom. The molecular weight excluding hydrogens is 359 g/mol. The first-order valence-corrected chi connectivity index (χ1v) is 9.04. The van der Waals surface area contributed by atoms with Crippen LogP contribution in [-0.4, -0.2) is 31.1 Å². The smallest absolute Gasteiger partial charge is 0.220 e. The van der Waals surface area contributed by atoms with Crippen molar-refractivity contribution < 1.29 is 9.18 Å². The van der Waals surface area contributed by atoms with Gasteiger partial charge in [0.2, 0.25) is 11.7 Å². The van der Waals surface area contributed by atoms with E-state index in [4.69, 9.17) is 0 Å². The van der Waals surface area contributed by atoms with Crippen molar-refractivity contribution in [1.29, 1.82) is 0 Å². The van der Waals surface area contributed by atoms with Gasteiger partial charge in [0.25, 0.3) is 0 Å². The molecule has 4 rings (SSSR count). The molecule has 8 heteroatoms. The molecule has 1 amide bonds. The predicted molar refractivity (Wildman–Crippen MR) is 103 cm³/mol. The van der Waals surface area contributed by atoms with E-state index >= 15 is 0 Å². The van der Waals surface area contributed by atoms with Crippen LogP contribution in [0.3, 0.4) is 0 Å². The molecule has 0 bridgehead atoms. The van der Waals surface area contributed by atoms with E-state index in [-0.39, 0.29) is 11.7 Å². The first-order chi connectivity index (χ1) is 13.7. The van der Waals surface area contributed by atoms with Crippen LogP contribution in [0.2, 0.25) is 0 Å². The maximum absolute atomic E-state index is 13.0. The van der Waals surface area contributed by atoms with Crippen LogP contribution < -0.4 is 5.32 Å². The molecule has 2 N–H and O–H groups in total. The van der Waals surface area contributed by atoms with E-state index in [9.17, 15) is 9.18 Å². The second-order valence-corrected chi connectivity index (χ2v) is 6.48. The number of fused-ring (bicyclic) bond motifs is 1. The van der Waals surface area contributed by atoms with Crippen molar-refractivity contribution in [2.24, 2.45) is 0 Å². The Morgan fingerprint density at radius 2 is 1.96 bits per heavy atom. The third kappa shape index (κ3) is 4.22. The number of para-hydroxylation sites is 1. The van der Waals surface area contributed by atoms with Crippen molar-refractivity contribution in [3.63, 3.8) is 0 Å². The fourth-order valence-corrected chi connectivity index (χ4v) is 2.94. The van der Waals surface area contributed by atoms with Gasteiger partial charge >= 0.3 is 0 Å². The van der Waals surface area contributed by atoms with Crippen molar-refractivity contribution in [2.75, 3.05) is 0 Å². The minimum absolute atomic E-state index is 0.0301. The number of tetrazole rings is 1. The van der Waals surface area contributed by atoms with E-state index < -0.39 is 0 Å². The van der Waals surface area contributed by atoms with Crippen LogP contribution in [0.1, 0.15) is 18.5 Å². The first kappa shape index (κ1) is 17.8. The maximum atomic E-state index is 13.0. The van der Waals surface area contributed by atoms with Crippen LogP contribution in [0.4, 0.5) is 4.39 Å². The van der Waals surface area contributed by atoms with Gasteiger partial charge in [-0.05, 0) is 53.4 Å². The number of hydrogen-bond donors (Lipinski definition) is 2. The zero-order valence-corrected chi connectivity index (χ0v) is 15.1. The van der Waals surface area contributed by atoms with Crippen LogP contribution in [0.25, 0.3) is 22.3 Å². The highest BCUT2D eigenvalue weighted by molar-refractivity contribution is 5.80. The highest BCUT2D eigenvalue weighted by Gasteiger charge is 2.08. The van der Waals surface area contributed by atoms with Gasteiger partial charge in [-0.3, -0.25) is 4.79 Å². The number of aromatic amines is 1. The van der Waals surface area contributed by atoms with Crippen molar-refractivity contribution in [2.45, 2.75) is 25.9 Å². The molecule has 0 fully saturated rings. The summed E-state index contributed by atoms with van der Waals surface area (Å²) < 4.78 is 13.0. The summed E-state index contributed by atoms with van der Waals surface area (Å²) in [5, 5.41) is 16.2. The lowest BCUT2D eigenvalue weighted by Gasteiger charge is -2.03. The number of halogens is 1. The van der Waals surface area contributed by atoms with Crippen molar-refractivity contribution in [3.8, 4) is 11.4 Å². The first-order valence-electron chi connectivity index (χ1n) is 9.04. The third-order valence-corrected chi connectivity index (χ3v) is 4.38. The molecule has 142 valence electrons. The number of rotatable bonds is 7. The summed E-state index contributed by atoms with van der Waals surface area (Å²) in [4.78, 5) is 16.8. The van der Waals surface area contributed by atoms with Gasteiger partial charge in [-0.25, -0.2) is 4.39 Å². The zero-order chi connectivity index (χ0) is 19.3. The number of benzene rings is 2. The molecule has 7 nitrogen and oxygen atoms in total. The largest absolute Gasteiger partial charge is 0.357 e. The van der Waals surface area contributed by atoms with Gasteiger partial charge in [-0.1, -0.05) is 18.2 Å². The molecule has 0 atom stereocenters. The number of carbonyl (C=O) groups excluding carboxylic acids is 1. The van der Waals surface area contributed by atoms with E-state index in [0.717, 1.165) is 16.6 Å². The molecule has 2 aromatic heterocycles. The number of aromatic nitrogens is 5. The maximum Gasteiger partial charge on any atom is 0.220 e.